The average molecular weight is 200 g/mol. The van der Waals surface area contributed by atoms with Gasteiger partial charge in [-0.1, -0.05) is 0 Å². The first-order valence-corrected chi connectivity index (χ1v) is 3.73. The maximum absolute atomic E-state index is 10.6. The Morgan fingerprint density at radius 3 is 2.71 bits per heavy atom. The van der Waals surface area contributed by atoms with Gasteiger partial charge >= 0.3 is 11.9 Å². The molecule has 7 nitrogen and oxygen atoms in total. The highest BCUT2D eigenvalue weighted by Crippen LogP contribution is 2.22. The van der Waals surface area contributed by atoms with Crippen LogP contribution in [0.15, 0.2) is 16.5 Å². The van der Waals surface area contributed by atoms with E-state index in [4.69, 9.17) is 15.3 Å². The van der Waals surface area contributed by atoms with Gasteiger partial charge < -0.3 is 15.3 Å². The van der Waals surface area contributed by atoms with E-state index >= 15 is 0 Å². The molecule has 0 aliphatic carbocycles. The van der Waals surface area contributed by atoms with Crippen molar-refractivity contribution in [2.24, 2.45) is 5.73 Å². The van der Waals surface area contributed by atoms with E-state index in [2.05, 4.69) is 0 Å². The topological polar surface area (TPSA) is 120 Å². The lowest BCUT2D eigenvalue weighted by Crippen LogP contribution is -2.20. The zero-order chi connectivity index (χ0) is 10.7. The van der Waals surface area contributed by atoms with Crippen LogP contribution in [-0.2, 0) is 4.79 Å². The molecule has 0 aliphatic rings. The molecule has 1 atom stereocenters. The monoisotopic (exact) mass is 200 g/mol. The minimum Gasteiger partial charge on any atom is -0.481 e. The quantitative estimate of drug-likeness (QED) is 0.533. The number of aliphatic carboxylic acids is 1. The lowest BCUT2D eigenvalue weighted by Gasteiger charge is -2.03. The predicted octanol–water partition coefficient (Wildman–Crippen LogP) is 0.315. The fraction of sp³-hybridized carbons (Fsp3) is 0.286. The van der Waals surface area contributed by atoms with Crippen LogP contribution in [0.25, 0.3) is 0 Å². The third-order valence-electron chi connectivity index (χ3n) is 1.67. The van der Waals surface area contributed by atoms with Crippen LogP contribution >= 0.6 is 0 Å². The first kappa shape index (κ1) is 10.2. The number of carbonyl (C=O) groups is 1. The van der Waals surface area contributed by atoms with E-state index in [0.717, 1.165) is 6.07 Å². The number of hydrogen-bond donors (Lipinski definition) is 2. The molecule has 0 saturated carbocycles. The molecule has 1 heterocycles. The molecule has 1 unspecified atom stereocenters. The molecular formula is C7H8N2O5. The van der Waals surface area contributed by atoms with Crippen LogP contribution in [0.5, 0.6) is 0 Å². The van der Waals surface area contributed by atoms with Crippen molar-refractivity contribution in [1.82, 2.24) is 0 Å². The lowest BCUT2D eigenvalue weighted by atomic mass is 10.1. The van der Waals surface area contributed by atoms with Crippen molar-refractivity contribution in [3.05, 3.63) is 28.0 Å². The highest BCUT2D eigenvalue weighted by Gasteiger charge is 2.24. The number of carboxylic acid groups (broad SMARTS) is 1. The van der Waals surface area contributed by atoms with Crippen molar-refractivity contribution in [2.75, 3.05) is 6.54 Å². The Balaban J connectivity index is 2.95. The molecule has 7 heteroatoms. The largest absolute Gasteiger partial charge is 0.481 e. The summed E-state index contributed by atoms with van der Waals surface area (Å²) < 4.78 is 4.70. The summed E-state index contributed by atoms with van der Waals surface area (Å²) >= 11 is 0. The lowest BCUT2D eigenvalue weighted by molar-refractivity contribution is -0.402. The Kier molecular flexibility index (Phi) is 2.82. The maximum Gasteiger partial charge on any atom is 0.433 e. The molecule has 0 bridgehead atoms. The molecule has 14 heavy (non-hydrogen) atoms. The van der Waals surface area contributed by atoms with Gasteiger partial charge in [0, 0.05) is 6.54 Å². The fourth-order valence-corrected chi connectivity index (χ4v) is 0.966. The van der Waals surface area contributed by atoms with Gasteiger partial charge in [0.2, 0.25) is 0 Å². The van der Waals surface area contributed by atoms with Crippen LogP contribution in [0, 0.1) is 10.1 Å². The smallest absolute Gasteiger partial charge is 0.433 e. The van der Waals surface area contributed by atoms with Gasteiger partial charge in [0.15, 0.2) is 0 Å². The minimum atomic E-state index is -1.17. The summed E-state index contributed by atoms with van der Waals surface area (Å²) in [5, 5.41) is 18.9. The summed E-state index contributed by atoms with van der Waals surface area (Å²) in [6, 6.07) is 2.34. The van der Waals surface area contributed by atoms with Crippen molar-refractivity contribution in [2.45, 2.75) is 5.92 Å². The molecule has 1 rings (SSSR count). The Hall–Kier alpha value is -1.89. The van der Waals surface area contributed by atoms with Gasteiger partial charge in [0.1, 0.15) is 16.6 Å². The fourth-order valence-electron chi connectivity index (χ4n) is 0.966. The number of rotatable bonds is 4. The number of hydrogen-bond acceptors (Lipinski definition) is 5. The second-order valence-electron chi connectivity index (χ2n) is 2.56. The second-order valence-corrected chi connectivity index (χ2v) is 2.56. The molecule has 0 aromatic carbocycles. The Labute approximate surface area is 78.3 Å². The molecule has 1 aromatic rings. The molecule has 1 aromatic heterocycles. The molecule has 0 spiro atoms. The summed E-state index contributed by atoms with van der Waals surface area (Å²) in [4.78, 5) is 20.1. The molecular weight excluding hydrogens is 192 g/mol. The number of nitrogens with zero attached hydrogens (tertiary/aromatic N) is 1. The van der Waals surface area contributed by atoms with Crippen LogP contribution in [0.2, 0.25) is 0 Å². The van der Waals surface area contributed by atoms with Crippen molar-refractivity contribution in [1.29, 1.82) is 0 Å². The van der Waals surface area contributed by atoms with Crippen molar-refractivity contribution in [3.8, 4) is 0 Å². The number of furan rings is 1. The van der Waals surface area contributed by atoms with Gasteiger partial charge in [-0.3, -0.25) is 14.9 Å². The first-order valence-electron chi connectivity index (χ1n) is 3.73. The van der Waals surface area contributed by atoms with Gasteiger partial charge in [-0.05, 0) is 6.07 Å². The van der Waals surface area contributed by atoms with E-state index in [9.17, 15) is 14.9 Å². The van der Waals surface area contributed by atoms with Crippen LogP contribution in [0.3, 0.4) is 0 Å². The van der Waals surface area contributed by atoms with Gasteiger partial charge in [0.25, 0.3) is 0 Å². The summed E-state index contributed by atoms with van der Waals surface area (Å²) in [6.07, 6.45) is 0. The van der Waals surface area contributed by atoms with Crippen LogP contribution in [-0.4, -0.2) is 22.5 Å². The number of nitro groups is 1. The standard InChI is InChI=1S/C7H8N2O5/c8-3-4(7(10)11)5-1-2-6(14-5)9(12)13/h1-2,4H,3,8H2,(H,10,11). The Bertz CT molecular complexity index is 359. The molecule has 0 saturated heterocycles. The number of nitrogens with two attached hydrogens (primary N) is 1. The van der Waals surface area contributed by atoms with Crippen molar-refractivity contribution < 1.29 is 19.2 Å². The van der Waals surface area contributed by atoms with E-state index in [1.807, 2.05) is 0 Å². The third kappa shape index (κ3) is 1.88. The highest BCUT2D eigenvalue weighted by atomic mass is 16.6. The van der Waals surface area contributed by atoms with Crippen LogP contribution in [0.4, 0.5) is 5.88 Å². The van der Waals surface area contributed by atoms with Crippen molar-refractivity contribution in [3.63, 3.8) is 0 Å². The number of carboxylic acids is 1. The third-order valence-corrected chi connectivity index (χ3v) is 1.67. The molecule has 76 valence electrons. The normalized spacial score (nSPS) is 12.4. The Morgan fingerprint density at radius 2 is 2.36 bits per heavy atom. The first-order chi connectivity index (χ1) is 6.56. The zero-order valence-electron chi connectivity index (χ0n) is 7.04. The van der Waals surface area contributed by atoms with Gasteiger partial charge in [0.05, 0.1) is 6.07 Å². The van der Waals surface area contributed by atoms with E-state index in [1.54, 1.807) is 0 Å². The SMILES string of the molecule is NCC(C(=O)O)c1ccc([N+](=O)[O-])o1. The van der Waals surface area contributed by atoms with Gasteiger partial charge in [-0.25, -0.2) is 0 Å². The van der Waals surface area contributed by atoms with Gasteiger partial charge in [-0.2, -0.15) is 0 Å². The van der Waals surface area contributed by atoms with Crippen LogP contribution in [0.1, 0.15) is 11.7 Å². The van der Waals surface area contributed by atoms with E-state index < -0.39 is 22.7 Å². The molecule has 0 amide bonds. The molecule has 0 fully saturated rings. The van der Waals surface area contributed by atoms with E-state index in [0.29, 0.717) is 0 Å². The predicted molar refractivity (Wildman–Crippen MR) is 44.8 cm³/mol. The van der Waals surface area contributed by atoms with Crippen LogP contribution < -0.4 is 5.73 Å². The second kappa shape index (κ2) is 3.88. The van der Waals surface area contributed by atoms with E-state index in [-0.39, 0.29) is 12.3 Å². The summed E-state index contributed by atoms with van der Waals surface area (Å²) in [6.45, 7) is -0.167. The molecule has 0 radical (unpaired) electrons. The summed E-state index contributed by atoms with van der Waals surface area (Å²) in [5.41, 5.74) is 5.18. The summed E-state index contributed by atoms with van der Waals surface area (Å²) in [7, 11) is 0. The maximum atomic E-state index is 10.6. The molecule has 0 aliphatic heterocycles. The highest BCUT2D eigenvalue weighted by molar-refractivity contribution is 5.75. The minimum absolute atomic E-state index is 0.00769. The molecule has 3 N–H and O–H groups in total. The van der Waals surface area contributed by atoms with E-state index in [1.165, 1.54) is 6.07 Å². The average Bonchev–Trinajstić information content (AvgIpc) is 2.53. The van der Waals surface area contributed by atoms with Gasteiger partial charge in [-0.15, -0.1) is 0 Å². The Morgan fingerprint density at radius 1 is 1.71 bits per heavy atom. The zero-order valence-corrected chi connectivity index (χ0v) is 7.04. The van der Waals surface area contributed by atoms with Crippen molar-refractivity contribution >= 4 is 11.9 Å². The summed E-state index contributed by atoms with van der Waals surface area (Å²) in [5.74, 6) is -2.70.